The van der Waals surface area contributed by atoms with Crippen molar-refractivity contribution in [1.29, 1.82) is 0 Å². The van der Waals surface area contributed by atoms with Crippen molar-refractivity contribution < 1.29 is 0 Å². The standard InChI is InChI=1S/C20H25N5/c1-12-13(2)25-19(21-12)17(18(23-25)20(3,4)5)22-15-7-8-16-14(11-15)9-10-24(16)6/h7-8,11H,9-10H2,1-6H3. The van der Waals surface area contributed by atoms with Gasteiger partial charge in [0.05, 0.1) is 22.8 Å². The van der Waals surface area contributed by atoms with Crippen LogP contribution in [0.1, 0.15) is 43.5 Å². The average Bonchev–Trinajstić information content (AvgIpc) is 3.16. The Morgan fingerprint density at radius 3 is 2.64 bits per heavy atom. The van der Waals surface area contributed by atoms with Crippen molar-refractivity contribution in [3.05, 3.63) is 41.0 Å². The average molecular weight is 335 g/mol. The Balaban J connectivity index is 1.84. The molecule has 0 atom stereocenters. The van der Waals surface area contributed by atoms with E-state index in [9.17, 15) is 0 Å². The van der Waals surface area contributed by atoms with Crippen molar-refractivity contribution in [3.63, 3.8) is 0 Å². The van der Waals surface area contributed by atoms with E-state index in [-0.39, 0.29) is 5.41 Å². The van der Waals surface area contributed by atoms with Crippen molar-refractivity contribution in [2.75, 3.05) is 18.5 Å². The Bertz CT molecular complexity index is 924. The number of benzene rings is 1. The number of hydrogen-bond donors (Lipinski definition) is 0. The summed E-state index contributed by atoms with van der Waals surface area (Å²) in [5.41, 5.74) is 7.56. The summed E-state index contributed by atoms with van der Waals surface area (Å²) in [5.74, 6) is 0.859. The highest BCUT2D eigenvalue weighted by Crippen LogP contribution is 2.32. The van der Waals surface area contributed by atoms with Crippen LogP contribution in [-0.4, -0.2) is 34.7 Å². The summed E-state index contributed by atoms with van der Waals surface area (Å²) < 4.78 is 1.94. The van der Waals surface area contributed by atoms with Gasteiger partial charge in [0.15, 0.2) is 5.82 Å². The molecule has 2 aliphatic rings. The van der Waals surface area contributed by atoms with E-state index in [0.29, 0.717) is 0 Å². The first-order valence-electron chi connectivity index (χ1n) is 8.84. The van der Waals surface area contributed by atoms with Crippen molar-refractivity contribution in [1.82, 2.24) is 9.66 Å². The maximum atomic E-state index is 4.99. The zero-order valence-corrected chi connectivity index (χ0v) is 15.9. The highest BCUT2D eigenvalue weighted by molar-refractivity contribution is 6.50. The van der Waals surface area contributed by atoms with Gasteiger partial charge in [0.2, 0.25) is 0 Å². The molecule has 0 aliphatic carbocycles. The van der Waals surface area contributed by atoms with E-state index in [1.54, 1.807) is 0 Å². The molecule has 0 amide bonds. The van der Waals surface area contributed by atoms with Crippen LogP contribution in [0.25, 0.3) is 0 Å². The van der Waals surface area contributed by atoms with Gasteiger partial charge < -0.3 is 4.90 Å². The number of fused-ring (bicyclic) bond motifs is 2. The van der Waals surface area contributed by atoms with E-state index in [0.717, 1.165) is 47.3 Å². The molecule has 2 aromatic rings. The monoisotopic (exact) mass is 335 g/mol. The lowest BCUT2D eigenvalue weighted by Crippen LogP contribution is -2.27. The largest absolute Gasteiger partial charge is 0.374 e. The molecule has 0 N–H and O–H groups in total. The SMILES string of the molecule is Cc1nc2n(c1C)N=C(C(C)(C)C)C2=Nc1ccc2c(c1)CCN2C. The van der Waals surface area contributed by atoms with E-state index < -0.39 is 0 Å². The molecule has 2 aliphatic heterocycles. The van der Waals surface area contributed by atoms with Crippen LogP contribution < -0.4 is 4.90 Å². The number of aryl methyl sites for hydroxylation is 1. The molecule has 0 saturated heterocycles. The third-order valence-electron chi connectivity index (χ3n) is 5.09. The van der Waals surface area contributed by atoms with Crippen LogP contribution in [0.3, 0.4) is 0 Å². The van der Waals surface area contributed by atoms with E-state index in [2.05, 4.69) is 57.8 Å². The molecule has 0 fully saturated rings. The second kappa shape index (κ2) is 5.28. The van der Waals surface area contributed by atoms with E-state index in [4.69, 9.17) is 15.1 Å². The van der Waals surface area contributed by atoms with Crippen molar-refractivity contribution in [2.45, 2.75) is 41.0 Å². The Labute approximate surface area is 149 Å². The molecule has 5 nitrogen and oxygen atoms in total. The summed E-state index contributed by atoms with van der Waals surface area (Å²) in [6, 6.07) is 6.48. The minimum Gasteiger partial charge on any atom is -0.374 e. The maximum Gasteiger partial charge on any atom is 0.181 e. The van der Waals surface area contributed by atoms with Crippen molar-refractivity contribution >= 4 is 22.8 Å². The smallest absolute Gasteiger partial charge is 0.181 e. The topological polar surface area (TPSA) is 45.8 Å². The van der Waals surface area contributed by atoms with Gasteiger partial charge >= 0.3 is 0 Å². The molecule has 3 heterocycles. The third kappa shape index (κ3) is 2.49. The molecule has 0 unspecified atom stereocenters. The summed E-state index contributed by atoms with van der Waals surface area (Å²) >= 11 is 0. The number of imidazole rings is 1. The highest BCUT2D eigenvalue weighted by Gasteiger charge is 2.34. The van der Waals surface area contributed by atoms with Gasteiger partial charge in [-0.3, -0.25) is 0 Å². The van der Waals surface area contributed by atoms with Crippen LogP contribution >= 0.6 is 0 Å². The molecule has 25 heavy (non-hydrogen) atoms. The number of likely N-dealkylation sites (N-methyl/N-ethyl adjacent to an activating group) is 1. The summed E-state index contributed by atoms with van der Waals surface area (Å²) in [4.78, 5) is 12.0. The second-order valence-corrected chi connectivity index (χ2v) is 8.06. The molecule has 4 rings (SSSR count). The summed E-state index contributed by atoms with van der Waals surface area (Å²) in [6.07, 6.45) is 1.08. The van der Waals surface area contributed by atoms with Gasteiger partial charge in [-0.1, -0.05) is 20.8 Å². The lowest BCUT2D eigenvalue weighted by atomic mass is 9.87. The van der Waals surface area contributed by atoms with Crippen LogP contribution in [-0.2, 0) is 6.42 Å². The van der Waals surface area contributed by atoms with E-state index in [1.165, 1.54) is 11.3 Å². The van der Waals surface area contributed by atoms with Crippen LogP contribution in [0.15, 0.2) is 28.3 Å². The Morgan fingerprint density at radius 1 is 1.16 bits per heavy atom. The molecular formula is C20H25N5. The lowest BCUT2D eigenvalue weighted by Gasteiger charge is -2.18. The first kappa shape index (κ1) is 16.1. The second-order valence-electron chi connectivity index (χ2n) is 8.06. The fourth-order valence-electron chi connectivity index (χ4n) is 3.49. The number of rotatable bonds is 1. The lowest BCUT2D eigenvalue weighted by molar-refractivity contribution is 0.593. The van der Waals surface area contributed by atoms with Crippen LogP contribution in [0.2, 0.25) is 0 Å². The molecular weight excluding hydrogens is 310 g/mol. The maximum absolute atomic E-state index is 4.99. The normalized spacial score (nSPS) is 17.9. The number of nitrogens with zero attached hydrogens (tertiary/aromatic N) is 5. The minimum atomic E-state index is -0.0865. The number of aliphatic imine (C=N–C) groups is 1. The zero-order valence-electron chi connectivity index (χ0n) is 15.9. The molecule has 0 radical (unpaired) electrons. The van der Waals surface area contributed by atoms with Gasteiger partial charge in [0, 0.05) is 24.7 Å². The fraction of sp³-hybridized carbons (Fsp3) is 0.450. The van der Waals surface area contributed by atoms with Gasteiger partial charge in [0.1, 0.15) is 5.71 Å². The fourth-order valence-corrected chi connectivity index (χ4v) is 3.49. The van der Waals surface area contributed by atoms with Gasteiger partial charge in [0.25, 0.3) is 0 Å². The zero-order chi connectivity index (χ0) is 17.9. The van der Waals surface area contributed by atoms with Gasteiger partial charge in [-0.15, -0.1) is 0 Å². The first-order chi connectivity index (χ1) is 11.8. The molecule has 0 bridgehead atoms. The highest BCUT2D eigenvalue weighted by atomic mass is 15.4. The summed E-state index contributed by atoms with van der Waals surface area (Å²) in [5, 5.41) is 4.84. The number of aromatic nitrogens is 2. The predicted molar refractivity (Wildman–Crippen MR) is 104 cm³/mol. The van der Waals surface area contributed by atoms with Gasteiger partial charge in [-0.05, 0) is 44.0 Å². The van der Waals surface area contributed by atoms with Gasteiger partial charge in [-0.25, -0.2) is 14.7 Å². The molecule has 0 saturated carbocycles. The predicted octanol–water partition coefficient (Wildman–Crippen LogP) is 3.88. The number of anilines is 1. The molecule has 0 spiro atoms. The van der Waals surface area contributed by atoms with Gasteiger partial charge in [-0.2, -0.15) is 5.10 Å². The molecule has 130 valence electrons. The van der Waals surface area contributed by atoms with Crippen LogP contribution in [0.5, 0.6) is 0 Å². The first-order valence-corrected chi connectivity index (χ1v) is 8.84. The van der Waals surface area contributed by atoms with Crippen LogP contribution in [0, 0.1) is 19.3 Å². The molecule has 1 aromatic heterocycles. The summed E-state index contributed by atoms with van der Waals surface area (Å²) in [6.45, 7) is 11.7. The Kier molecular flexibility index (Phi) is 3.39. The Morgan fingerprint density at radius 2 is 1.92 bits per heavy atom. The Hall–Kier alpha value is -2.43. The van der Waals surface area contributed by atoms with Crippen molar-refractivity contribution in [2.24, 2.45) is 15.5 Å². The number of hydrogen-bond acceptors (Lipinski definition) is 4. The van der Waals surface area contributed by atoms with E-state index >= 15 is 0 Å². The quantitative estimate of drug-likeness (QED) is 0.794. The molecule has 1 aromatic carbocycles. The summed E-state index contributed by atoms with van der Waals surface area (Å²) in [7, 11) is 2.14. The van der Waals surface area contributed by atoms with Crippen molar-refractivity contribution in [3.8, 4) is 0 Å². The third-order valence-corrected chi connectivity index (χ3v) is 5.09. The van der Waals surface area contributed by atoms with Crippen LogP contribution in [0.4, 0.5) is 11.4 Å². The van der Waals surface area contributed by atoms with E-state index in [1.807, 2.05) is 11.6 Å². The molecule has 5 heteroatoms. The minimum absolute atomic E-state index is 0.0865.